The number of hydrogen-bond acceptors (Lipinski definition) is 1. The lowest BCUT2D eigenvalue weighted by Crippen LogP contribution is -2.31. The van der Waals surface area contributed by atoms with Gasteiger partial charge in [-0.1, -0.05) is 72.8 Å². The van der Waals surface area contributed by atoms with Crippen LogP contribution in [-0.2, 0) is 7.05 Å². The summed E-state index contributed by atoms with van der Waals surface area (Å²) >= 11 is 0. The van der Waals surface area contributed by atoms with E-state index in [0.717, 1.165) is 16.9 Å². The van der Waals surface area contributed by atoms with Crippen molar-refractivity contribution in [2.45, 2.75) is 0 Å². The third kappa shape index (κ3) is 2.29. The first-order valence-electron chi connectivity index (χ1n) is 8.65. The Balaban J connectivity index is 1.91. The normalized spacial score (nSPS) is 12.9. The number of aromatic nitrogens is 3. The SMILES string of the molecule is Cn1[c-][n+](C2=CC=c3ccccc3=c3ccccc3=C2)c2cccnc21. The van der Waals surface area contributed by atoms with E-state index >= 15 is 0 Å². The van der Waals surface area contributed by atoms with E-state index in [1.54, 1.807) is 0 Å². The van der Waals surface area contributed by atoms with Gasteiger partial charge in [0.05, 0.1) is 18.3 Å². The van der Waals surface area contributed by atoms with E-state index in [1.807, 2.05) is 23.9 Å². The lowest BCUT2D eigenvalue weighted by atomic mass is 10.1. The van der Waals surface area contributed by atoms with Crippen molar-refractivity contribution >= 4 is 29.0 Å². The quantitative estimate of drug-likeness (QED) is 0.385. The molecular formula is C23H17N3. The first kappa shape index (κ1) is 14.8. The van der Waals surface area contributed by atoms with Crippen molar-refractivity contribution in [3.05, 3.63) is 100 Å². The molecule has 4 aromatic rings. The molecule has 0 atom stereocenters. The van der Waals surface area contributed by atoms with Crippen LogP contribution in [0.25, 0.3) is 29.0 Å². The van der Waals surface area contributed by atoms with Gasteiger partial charge in [-0.25, -0.2) is 0 Å². The summed E-state index contributed by atoms with van der Waals surface area (Å²) in [7, 11) is 1.97. The van der Waals surface area contributed by atoms with Crippen LogP contribution >= 0.6 is 0 Å². The highest BCUT2D eigenvalue weighted by atomic mass is 15.2. The molecule has 124 valence electrons. The minimum Gasteiger partial charge on any atom is -0.318 e. The van der Waals surface area contributed by atoms with Crippen molar-refractivity contribution in [2.75, 3.05) is 0 Å². The molecule has 3 heteroatoms. The summed E-state index contributed by atoms with van der Waals surface area (Å²) in [4.78, 5) is 4.48. The number of imidazole rings is 1. The van der Waals surface area contributed by atoms with Crippen LogP contribution in [0, 0.1) is 16.8 Å². The van der Waals surface area contributed by atoms with Gasteiger partial charge in [0.15, 0.2) is 5.65 Å². The summed E-state index contributed by atoms with van der Waals surface area (Å²) in [5.41, 5.74) is 3.01. The second kappa shape index (κ2) is 5.81. The summed E-state index contributed by atoms with van der Waals surface area (Å²) in [6, 6.07) is 21.1. The molecule has 1 aliphatic rings. The zero-order valence-electron chi connectivity index (χ0n) is 14.4. The molecule has 0 saturated carbocycles. The van der Waals surface area contributed by atoms with E-state index in [2.05, 4.69) is 88.7 Å². The molecule has 26 heavy (non-hydrogen) atoms. The number of nitrogens with zero attached hydrogens (tertiary/aromatic N) is 3. The van der Waals surface area contributed by atoms with Crippen LogP contribution in [0.15, 0.2) is 72.9 Å². The van der Waals surface area contributed by atoms with E-state index in [-0.39, 0.29) is 0 Å². The molecule has 0 spiro atoms. The Morgan fingerprint density at radius 1 is 0.846 bits per heavy atom. The number of pyridine rings is 1. The highest BCUT2D eigenvalue weighted by molar-refractivity contribution is 5.78. The van der Waals surface area contributed by atoms with Gasteiger partial charge in [-0.15, -0.1) is 0 Å². The molecule has 1 aliphatic carbocycles. The summed E-state index contributed by atoms with van der Waals surface area (Å²) < 4.78 is 4.01. The maximum atomic E-state index is 4.48. The first-order valence-corrected chi connectivity index (χ1v) is 8.65. The fourth-order valence-electron chi connectivity index (χ4n) is 3.55. The van der Waals surface area contributed by atoms with E-state index in [1.165, 1.54) is 20.9 Å². The van der Waals surface area contributed by atoms with Crippen LogP contribution in [0.2, 0.25) is 0 Å². The zero-order chi connectivity index (χ0) is 17.5. The third-order valence-corrected chi connectivity index (χ3v) is 4.78. The second-order valence-corrected chi connectivity index (χ2v) is 6.42. The highest BCUT2D eigenvalue weighted by Gasteiger charge is 2.08. The van der Waals surface area contributed by atoms with Gasteiger partial charge < -0.3 is 9.13 Å². The molecule has 2 heterocycles. The van der Waals surface area contributed by atoms with Crippen LogP contribution in [-0.4, -0.2) is 9.55 Å². The molecule has 0 N–H and O–H groups in total. The monoisotopic (exact) mass is 335 g/mol. The van der Waals surface area contributed by atoms with E-state index in [9.17, 15) is 0 Å². The molecule has 3 nitrogen and oxygen atoms in total. The number of fused-ring (bicyclic) bond motifs is 3. The molecule has 5 rings (SSSR count). The maximum absolute atomic E-state index is 4.48. The lowest BCUT2D eigenvalue weighted by Gasteiger charge is -2.07. The van der Waals surface area contributed by atoms with E-state index < -0.39 is 0 Å². The van der Waals surface area contributed by atoms with Gasteiger partial charge in [-0.05, 0) is 27.0 Å². The zero-order valence-corrected chi connectivity index (χ0v) is 14.4. The molecule has 0 aliphatic heterocycles. The van der Waals surface area contributed by atoms with Crippen LogP contribution in [0.4, 0.5) is 0 Å². The summed E-state index contributed by atoms with van der Waals surface area (Å²) in [5, 5.41) is 4.90. The summed E-state index contributed by atoms with van der Waals surface area (Å²) in [6.45, 7) is 0. The van der Waals surface area contributed by atoms with Gasteiger partial charge in [-0.2, -0.15) is 0 Å². The minimum atomic E-state index is 0.914. The molecular weight excluding hydrogens is 318 g/mol. The molecule has 0 saturated heterocycles. The molecule has 2 aromatic heterocycles. The first-order chi connectivity index (χ1) is 12.8. The van der Waals surface area contributed by atoms with Crippen LogP contribution < -0.4 is 15.0 Å². The predicted octanol–water partition coefficient (Wildman–Crippen LogP) is 2.06. The maximum Gasteiger partial charge on any atom is 0.245 e. The van der Waals surface area contributed by atoms with Crippen molar-refractivity contribution in [1.29, 1.82) is 0 Å². The van der Waals surface area contributed by atoms with Crippen molar-refractivity contribution in [3.8, 4) is 0 Å². The Labute approximate surface area is 150 Å². The average Bonchev–Trinajstić information content (AvgIpc) is 3.01. The van der Waals surface area contributed by atoms with Crippen LogP contribution in [0.3, 0.4) is 0 Å². The van der Waals surface area contributed by atoms with Crippen molar-refractivity contribution in [2.24, 2.45) is 7.05 Å². The number of allylic oxidation sites excluding steroid dienone is 2. The molecule has 0 amide bonds. The van der Waals surface area contributed by atoms with Gasteiger partial charge >= 0.3 is 0 Å². The highest BCUT2D eigenvalue weighted by Crippen LogP contribution is 2.10. The number of benzene rings is 2. The smallest absolute Gasteiger partial charge is 0.245 e. The number of hydrogen-bond donors (Lipinski definition) is 0. The van der Waals surface area contributed by atoms with Crippen molar-refractivity contribution < 1.29 is 4.57 Å². The van der Waals surface area contributed by atoms with Gasteiger partial charge in [0, 0.05) is 6.20 Å². The third-order valence-electron chi connectivity index (χ3n) is 4.78. The lowest BCUT2D eigenvalue weighted by molar-refractivity contribution is -0.553. The Kier molecular flexibility index (Phi) is 3.32. The molecule has 2 aromatic carbocycles. The molecule has 0 radical (unpaired) electrons. The Morgan fingerprint density at radius 2 is 1.58 bits per heavy atom. The van der Waals surface area contributed by atoms with E-state index in [0.29, 0.717) is 0 Å². The number of rotatable bonds is 1. The standard InChI is InChI=1S/C23H17N3/c1-25-16-26(22-11-6-14-24-23(22)25)19-13-12-17-7-2-4-9-20(17)21-10-5-3-8-18(21)15-19/h2-15H,1H3. The Hall–Kier alpha value is -3.46. The molecule has 0 unspecified atom stereocenters. The fourth-order valence-corrected chi connectivity index (χ4v) is 3.55. The van der Waals surface area contributed by atoms with Crippen LogP contribution in [0.1, 0.15) is 0 Å². The Morgan fingerprint density at radius 3 is 2.42 bits per heavy atom. The predicted molar refractivity (Wildman–Crippen MR) is 103 cm³/mol. The largest absolute Gasteiger partial charge is 0.318 e. The van der Waals surface area contributed by atoms with Crippen LogP contribution in [0.5, 0.6) is 0 Å². The minimum absolute atomic E-state index is 0.914. The van der Waals surface area contributed by atoms with Crippen molar-refractivity contribution in [1.82, 2.24) is 9.55 Å². The van der Waals surface area contributed by atoms with Crippen molar-refractivity contribution in [3.63, 3.8) is 0 Å². The van der Waals surface area contributed by atoms with Gasteiger partial charge in [0.1, 0.15) is 0 Å². The summed E-state index contributed by atoms with van der Waals surface area (Å²) in [6.07, 6.45) is 11.7. The average molecular weight is 335 g/mol. The fraction of sp³-hybridized carbons (Fsp3) is 0.0435. The van der Waals surface area contributed by atoms with Gasteiger partial charge in [-0.3, -0.25) is 4.98 Å². The van der Waals surface area contributed by atoms with E-state index in [4.69, 9.17) is 0 Å². The number of aryl methyl sites for hydroxylation is 1. The molecule has 0 fully saturated rings. The molecule has 0 bridgehead atoms. The topological polar surface area (TPSA) is 21.7 Å². The Bertz CT molecular complexity index is 1390. The summed E-state index contributed by atoms with van der Waals surface area (Å²) in [5.74, 6) is 0. The second-order valence-electron chi connectivity index (χ2n) is 6.42. The van der Waals surface area contributed by atoms with Gasteiger partial charge in [0.2, 0.25) is 6.33 Å². The van der Waals surface area contributed by atoms with Gasteiger partial charge in [0.25, 0.3) is 0 Å².